The third-order valence-corrected chi connectivity index (χ3v) is 6.23. The molecule has 0 atom stereocenters. The number of carbonyl (C=O) groups is 1. The summed E-state index contributed by atoms with van der Waals surface area (Å²) in [5, 5.41) is 10.0. The van der Waals surface area contributed by atoms with Crippen LogP contribution in [-0.4, -0.2) is 35.8 Å². The van der Waals surface area contributed by atoms with Gasteiger partial charge in [0.05, 0.1) is 17.0 Å². The summed E-state index contributed by atoms with van der Waals surface area (Å²) in [6.45, 7) is 4.28. The zero-order valence-corrected chi connectivity index (χ0v) is 19.4. The molecule has 0 aliphatic heterocycles. The number of nitrogens with two attached hydrogens (primary N) is 1. The Bertz CT molecular complexity index is 1460. The molecular formula is C25H25F2N7O. The molecule has 1 aromatic carbocycles. The van der Waals surface area contributed by atoms with Gasteiger partial charge in [-0.2, -0.15) is 10.2 Å². The summed E-state index contributed by atoms with van der Waals surface area (Å²) in [7, 11) is 0. The number of halogens is 2. The number of aldehydes is 1. The van der Waals surface area contributed by atoms with Crippen molar-refractivity contribution in [3.8, 4) is 17.1 Å². The summed E-state index contributed by atoms with van der Waals surface area (Å²) in [5.74, 6) is 1.31. The first-order chi connectivity index (χ1) is 16.9. The van der Waals surface area contributed by atoms with Crippen molar-refractivity contribution in [3.63, 3.8) is 0 Å². The van der Waals surface area contributed by atoms with Crippen LogP contribution in [-0.2, 0) is 6.54 Å². The monoisotopic (exact) mass is 477 g/mol. The largest absolute Gasteiger partial charge is 0.385 e. The number of alkyl halides is 2. The number of nitrogen functional groups attached to an aromatic ring is 1. The third kappa shape index (κ3) is 4.39. The Morgan fingerprint density at radius 3 is 2.54 bits per heavy atom. The van der Waals surface area contributed by atoms with E-state index in [1.165, 1.54) is 12.1 Å². The smallest absolute Gasteiger partial charge is 0.263 e. The van der Waals surface area contributed by atoms with E-state index in [2.05, 4.69) is 15.1 Å². The van der Waals surface area contributed by atoms with E-state index in [4.69, 9.17) is 10.8 Å². The first-order valence-electron chi connectivity index (χ1n) is 11.3. The molecule has 1 aliphatic carbocycles. The van der Waals surface area contributed by atoms with Gasteiger partial charge in [-0.25, -0.2) is 23.1 Å². The standard InChI is InChI=1S/C25H25F2N7O/c1-14-20(13-35)15(2)34(31-14)22-11-21(28)30-25-19(9-10-29-22)23(32-33(25)12-16-3-4-16)17-5-7-18(8-6-17)24(26)27/h5-11,13,16,24,30H,3-4,12,28H2,1-2H3. The van der Waals surface area contributed by atoms with Gasteiger partial charge >= 0.3 is 0 Å². The molecule has 0 radical (unpaired) electrons. The van der Waals surface area contributed by atoms with Crippen LogP contribution in [0.25, 0.3) is 28.1 Å². The van der Waals surface area contributed by atoms with E-state index in [1.54, 1.807) is 42.9 Å². The fourth-order valence-corrected chi connectivity index (χ4v) is 4.14. The van der Waals surface area contributed by atoms with Gasteiger partial charge in [-0.15, -0.1) is 0 Å². The molecule has 5 rings (SSSR count). The van der Waals surface area contributed by atoms with Gasteiger partial charge in [-0.1, -0.05) is 24.3 Å². The van der Waals surface area contributed by atoms with Gasteiger partial charge in [-0.3, -0.25) is 4.79 Å². The molecule has 8 nitrogen and oxygen atoms in total. The number of nitrogens with zero attached hydrogens (tertiary/aromatic N) is 5. The molecule has 0 spiro atoms. The lowest BCUT2D eigenvalue weighted by atomic mass is 10.1. The SMILES string of the molecule is Cc1nn(-c2cc(N)[nH]c3c(ccn2)c(-c2ccc(C(F)F)cc2)nn3CC2CC2)c(C)c1C=O. The van der Waals surface area contributed by atoms with Gasteiger partial charge < -0.3 is 10.7 Å². The van der Waals surface area contributed by atoms with E-state index in [-0.39, 0.29) is 5.56 Å². The number of aromatic nitrogens is 6. The van der Waals surface area contributed by atoms with Crippen LogP contribution in [0.5, 0.6) is 0 Å². The molecule has 35 heavy (non-hydrogen) atoms. The Morgan fingerprint density at radius 2 is 1.91 bits per heavy atom. The molecule has 0 saturated heterocycles. The minimum absolute atomic E-state index is 0.0412. The number of fused-ring (bicyclic) bond motifs is 1. The maximum absolute atomic E-state index is 13.1. The van der Waals surface area contributed by atoms with Crippen molar-refractivity contribution in [3.05, 3.63) is 65.1 Å². The third-order valence-electron chi connectivity index (χ3n) is 6.23. The van der Waals surface area contributed by atoms with Gasteiger partial charge in [0, 0.05) is 35.3 Å². The fraction of sp³-hybridized carbons (Fsp3) is 0.280. The second-order valence-electron chi connectivity index (χ2n) is 8.80. The van der Waals surface area contributed by atoms with E-state index in [0.29, 0.717) is 51.4 Å². The first-order valence-corrected chi connectivity index (χ1v) is 11.3. The van der Waals surface area contributed by atoms with E-state index in [9.17, 15) is 13.6 Å². The number of anilines is 1. The minimum atomic E-state index is -2.53. The Morgan fingerprint density at radius 1 is 1.17 bits per heavy atom. The number of aryl methyl sites for hydroxylation is 1. The highest BCUT2D eigenvalue weighted by molar-refractivity contribution is 5.91. The summed E-state index contributed by atoms with van der Waals surface area (Å²) in [6.07, 6.45) is 2.15. The Kier molecular flexibility index (Phi) is 5.80. The minimum Gasteiger partial charge on any atom is -0.385 e. The highest BCUT2D eigenvalue weighted by Crippen LogP contribution is 2.34. The van der Waals surface area contributed by atoms with Crippen LogP contribution < -0.4 is 5.73 Å². The van der Waals surface area contributed by atoms with Crippen LogP contribution >= 0.6 is 0 Å². The number of hydrogen-bond acceptors (Lipinski definition) is 5. The molecule has 180 valence electrons. The van der Waals surface area contributed by atoms with Crippen molar-refractivity contribution in [2.75, 3.05) is 5.73 Å². The van der Waals surface area contributed by atoms with Crippen LogP contribution in [0.15, 0.2) is 42.6 Å². The lowest BCUT2D eigenvalue weighted by Gasteiger charge is -2.03. The summed E-state index contributed by atoms with van der Waals surface area (Å²) in [4.78, 5) is 19.3. The highest BCUT2D eigenvalue weighted by Gasteiger charge is 2.24. The van der Waals surface area contributed by atoms with Crippen LogP contribution in [0.1, 0.15) is 46.6 Å². The molecule has 1 aliphatic rings. The van der Waals surface area contributed by atoms with Crippen LogP contribution in [0, 0.1) is 19.8 Å². The van der Waals surface area contributed by atoms with E-state index < -0.39 is 6.43 Å². The van der Waals surface area contributed by atoms with Crippen molar-refractivity contribution >= 4 is 23.1 Å². The van der Waals surface area contributed by atoms with E-state index >= 15 is 0 Å². The predicted octanol–water partition coefficient (Wildman–Crippen LogP) is 5.10. The summed E-state index contributed by atoms with van der Waals surface area (Å²) in [6, 6.07) is 9.59. The van der Waals surface area contributed by atoms with Crippen molar-refractivity contribution in [2.45, 2.75) is 39.7 Å². The Balaban J connectivity index is 1.71. The van der Waals surface area contributed by atoms with Gasteiger partial charge in [0.1, 0.15) is 17.2 Å². The number of aromatic amines is 1. The van der Waals surface area contributed by atoms with Crippen LogP contribution in [0.4, 0.5) is 14.6 Å². The van der Waals surface area contributed by atoms with Gasteiger partial charge in [0.2, 0.25) is 0 Å². The molecule has 4 aromatic rings. The van der Waals surface area contributed by atoms with Crippen molar-refractivity contribution in [1.29, 1.82) is 0 Å². The number of nitrogens with one attached hydrogen (secondary N) is 1. The zero-order valence-electron chi connectivity index (χ0n) is 19.4. The second-order valence-corrected chi connectivity index (χ2v) is 8.80. The van der Waals surface area contributed by atoms with Crippen molar-refractivity contribution in [2.24, 2.45) is 5.92 Å². The predicted molar refractivity (Wildman–Crippen MR) is 129 cm³/mol. The molecule has 0 unspecified atom stereocenters. The number of rotatable bonds is 6. The van der Waals surface area contributed by atoms with Crippen LogP contribution in [0.3, 0.4) is 0 Å². The number of H-pyrrole nitrogens is 1. The molecular weight excluding hydrogens is 452 g/mol. The lowest BCUT2D eigenvalue weighted by molar-refractivity contribution is 0.112. The highest BCUT2D eigenvalue weighted by atomic mass is 19.3. The lowest BCUT2D eigenvalue weighted by Crippen LogP contribution is -2.04. The van der Waals surface area contributed by atoms with Gasteiger partial charge in [0.25, 0.3) is 6.43 Å². The maximum Gasteiger partial charge on any atom is 0.263 e. The summed E-state index contributed by atoms with van der Waals surface area (Å²) < 4.78 is 29.6. The average molecular weight is 478 g/mol. The maximum atomic E-state index is 13.1. The average Bonchev–Trinajstić information content (AvgIpc) is 3.51. The number of hydrogen-bond donors (Lipinski definition) is 2. The molecule has 0 amide bonds. The molecule has 0 bridgehead atoms. The van der Waals surface area contributed by atoms with Crippen molar-refractivity contribution in [1.82, 2.24) is 29.5 Å². The Labute approximate surface area is 200 Å². The van der Waals surface area contributed by atoms with Crippen molar-refractivity contribution < 1.29 is 13.6 Å². The number of benzene rings is 1. The van der Waals surface area contributed by atoms with Gasteiger partial charge in [-0.05, 0) is 38.7 Å². The fourth-order valence-electron chi connectivity index (χ4n) is 4.14. The summed E-state index contributed by atoms with van der Waals surface area (Å²) >= 11 is 0. The number of carbonyl (C=O) groups excluding carboxylic acids is 1. The molecule has 3 aromatic heterocycles. The molecule has 1 fully saturated rings. The normalized spacial score (nSPS) is 13.4. The van der Waals surface area contributed by atoms with E-state index in [0.717, 1.165) is 31.1 Å². The van der Waals surface area contributed by atoms with E-state index in [1.807, 2.05) is 10.7 Å². The zero-order chi connectivity index (χ0) is 24.7. The molecule has 10 heteroatoms. The van der Waals surface area contributed by atoms with Gasteiger partial charge in [0.15, 0.2) is 12.1 Å². The molecule has 3 heterocycles. The quantitative estimate of drug-likeness (QED) is 0.376. The van der Waals surface area contributed by atoms with Crippen LogP contribution in [0.2, 0.25) is 0 Å². The second kappa shape index (κ2) is 8.94. The molecule has 1 saturated carbocycles. The topological polar surface area (TPSA) is 107 Å². The first kappa shape index (κ1) is 22.7. The Hall–Kier alpha value is -4.08. The molecule has 3 N–H and O–H groups in total. The summed E-state index contributed by atoms with van der Waals surface area (Å²) in [5.41, 5.74) is 10.2.